The molecule has 0 bridgehead atoms. The van der Waals surface area contributed by atoms with Crippen LogP contribution in [0.25, 0.3) is 0 Å². The zero-order valence-electron chi connectivity index (χ0n) is 25.7. The Morgan fingerprint density at radius 3 is 0.860 bits per heavy atom. The number of hydrogen-bond donors (Lipinski definition) is 0. The van der Waals surface area contributed by atoms with Crippen molar-refractivity contribution in [3.05, 3.63) is 176 Å². The molecule has 0 heterocycles. The normalized spacial score (nSPS) is 11.0. The van der Waals surface area contributed by atoms with Crippen LogP contribution in [0.1, 0.15) is 0 Å². The molecule has 0 spiro atoms. The third kappa shape index (κ3) is 6.89. The third-order valence-corrected chi connectivity index (χ3v) is 10.6. The highest BCUT2D eigenvalue weighted by atomic mass is 31.2. The van der Waals surface area contributed by atoms with Gasteiger partial charge in [0.25, 0.3) is 17.1 Å². The molecule has 6 rings (SSSR count). The molecule has 0 saturated heterocycles. The summed E-state index contributed by atoms with van der Waals surface area (Å²) in [5.74, 6) is 1.29. The molecule has 6 aromatic rings. The highest BCUT2D eigenvalue weighted by Crippen LogP contribution is 2.51. The Hall–Kier alpha value is -6.85. The van der Waals surface area contributed by atoms with E-state index in [2.05, 4.69) is 0 Å². The Morgan fingerprint density at radius 2 is 0.620 bits per heavy atom. The van der Waals surface area contributed by atoms with Crippen molar-refractivity contribution in [3.63, 3.8) is 0 Å². The van der Waals surface area contributed by atoms with Crippen LogP contribution in [-0.4, -0.2) is 14.8 Å². The Labute approximate surface area is 283 Å². The van der Waals surface area contributed by atoms with Crippen LogP contribution in [0.4, 0.5) is 17.1 Å². The Morgan fingerprint density at radius 1 is 0.380 bits per heavy atom. The number of benzene rings is 6. The molecule has 248 valence electrons. The SMILES string of the molecule is O=[N+]([O-])c1ccc(Oc2ccccc2P(=O)(c2ccccc2Oc2ccc([N+](=O)[O-])cc2)c2ccccc2Oc2ccc([N+](=O)[O-])cc2)cc1. The number of ether oxygens (including phenoxy) is 3. The lowest BCUT2D eigenvalue weighted by atomic mass is 10.3. The smallest absolute Gasteiger partial charge is 0.269 e. The van der Waals surface area contributed by atoms with E-state index in [1.165, 1.54) is 72.8 Å². The van der Waals surface area contributed by atoms with E-state index < -0.39 is 21.9 Å². The fourth-order valence-electron chi connectivity index (χ4n) is 5.09. The van der Waals surface area contributed by atoms with E-state index in [-0.39, 0.29) is 67.5 Å². The summed E-state index contributed by atoms with van der Waals surface area (Å²) in [5.41, 5.74) is -0.400. The summed E-state index contributed by atoms with van der Waals surface area (Å²) in [6.45, 7) is 0. The van der Waals surface area contributed by atoms with Crippen LogP contribution in [-0.2, 0) is 4.57 Å². The molecular formula is C36H24N3O10P. The van der Waals surface area contributed by atoms with E-state index in [4.69, 9.17) is 14.2 Å². The number of non-ortho nitro benzene ring substituents is 3. The fraction of sp³-hybridized carbons (Fsp3) is 0. The Bertz CT molecular complexity index is 2010. The van der Waals surface area contributed by atoms with Crippen LogP contribution in [0, 0.1) is 30.3 Å². The van der Waals surface area contributed by atoms with Gasteiger partial charge in [-0.05, 0) is 72.8 Å². The van der Waals surface area contributed by atoms with Crippen molar-refractivity contribution in [2.45, 2.75) is 0 Å². The average Bonchev–Trinajstić information content (AvgIpc) is 3.13. The van der Waals surface area contributed by atoms with Gasteiger partial charge in [-0.15, -0.1) is 0 Å². The van der Waals surface area contributed by atoms with Gasteiger partial charge in [0.2, 0.25) is 0 Å². The molecule has 0 aliphatic rings. The van der Waals surface area contributed by atoms with Gasteiger partial charge in [0.05, 0.1) is 30.7 Å². The molecule has 0 atom stereocenters. The number of hydrogen-bond acceptors (Lipinski definition) is 10. The quantitative estimate of drug-likeness (QED) is 0.0689. The van der Waals surface area contributed by atoms with Crippen molar-refractivity contribution >= 4 is 40.1 Å². The van der Waals surface area contributed by atoms with Crippen molar-refractivity contribution in [1.29, 1.82) is 0 Å². The van der Waals surface area contributed by atoms with Gasteiger partial charge in [-0.2, -0.15) is 0 Å². The van der Waals surface area contributed by atoms with Crippen LogP contribution in [0.15, 0.2) is 146 Å². The monoisotopic (exact) mass is 689 g/mol. The summed E-state index contributed by atoms with van der Waals surface area (Å²) >= 11 is 0. The lowest BCUT2D eigenvalue weighted by Gasteiger charge is -2.26. The number of nitro groups is 3. The molecule has 0 N–H and O–H groups in total. The number of nitrogens with zero attached hydrogens (tertiary/aromatic N) is 3. The average molecular weight is 690 g/mol. The minimum absolute atomic E-state index is 0.133. The first-order chi connectivity index (χ1) is 24.1. The lowest BCUT2D eigenvalue weighted by molar-refractivity contribution is -0.385. The van der Waals surface area contributed by atoms with Gasteiger partial charge in [-0.25, -0.2) is 0 Å². The summed E-state index contributed by atoms with van der Waals surface area (Å²) in [5, 5.41) is 34.4. The predicted molar refractivity (Wildman–Crippen MR) is 185 cm³/mol. The summed E-state index contributed by atoms with van der Waals surface area (Å²) in [6, 6.07) is 36.2. The molecule has 6 aromatic carbocycles. The van der Waals surface area contributed by atoms with Crippen molar-refractivity contribution in [3.8, 4) is 34.5 Å². The molecule has 0 fully saturated rings. The summed E-state index contributed by atoms with van der Waals surface area (Å²) in [7, 11) is -4.08. The highest BCUT2D eigenvalue weighted by Gasteiger charge is 2.38. The van der Waals surface area contributed by atoms with Gasteiger partial charge in [-0.1, -0.05) is 36.4 Å². The molecule has 13 nitrogen and oxygen atoms in total. The zero-order valence-corrected chi connectivity index (χ0v) is 26.6. The predicted octanol–water partition coefficient (Wildman–Crippen LogP) is 8.43. The molecule has 0 aliphatic heterocycles. The Kier molecular flexibility index (Phi) is 9.32. The standard InChI is InChI=1S/C36H24N3O10P/c40-37(41)25-13-19-28(20-14-25)47-31-7-1-4-10-34(31)50(46,35-11-5-2-8-32(35)48-29-21-15-26(16-22-29)38(42)43)36-12-6-3-9-33(36)49-30-23-17-27(18-24-30)39(44)45/h1-24H. The minimum Gasteiger partial charge on any atom is -0.457 e. The van der Waals surface area contributed by atoms with E-state index in [1.807, 2.05) is 0 Å². The van der Waals surface area contributed by atoms with Gasteiger partial charge in [0, 0.05) is 36.4 Å². The molecule has 0 aromatic heterocycles. The first-order valence-electron chi connectivity index (χ1n) is 14.8. The van der Waals surface area contributed by atoms with Gasteiger partial charge in [0.15, 0.2) is 7.14 Å². The van der Waals surface area contributed by atoms with Crippen LogP contribution in [0.2, 0.25) is 0 Å². The minimum atomic E-state index is -4.08. The van der Waals surface area contributed by atoms with Gasteiger partial charge in [-0.3, -0.25) is 30.3 Å². The molecule has 0 amide bonds. The maximum Gasteiger partial charge on any atom is 0.269 e. The second-order valence-electron chi connectivity index (χ2n) is 10.6. The van der Waals surface area contributed by atoms with Crippen molar-refractivity contribution < 1.29 is 33.5 Å². The number of nitro benzene ring substituents is 3. The largest absolute Gasteiger partial charge is 0.457 e. The fourth-order valence-corrected chi connectivity index (χ4v) is 8.05. The van der Waals surface area contributed by atoms with Crippen molar-refractivity contribution in [2.24, 2.45) is 0 Å². The Balaban J connectivity index is 1.52. The maximum absolute atomic E-state index is 16.2. The van der Waals surface area contributed by atoms with E-state index in [1.54, 1.807) is 72.8 Å². The van der Waals surface area contributed by atoms with Crippen LogP contribution >= 0.6 is 7.14 Å². The maximum atomic E-state index is 16.2. The van der Waals surface area contributed by atoms with Crippen LogP contribution in [0.3, 0.4) is 0 Å². The number of para-hydroxylation sites is 3. The molecule has 0 aliphatic carbocycles. The van der Waals surface area contributed by atoms with E-state index in [0.29, 0.717) is 0 Å². The third-order valence-electron chi connectivity index (χ3n) is 7.44. The van der Waals surface area contributed by atoms with Gasteiger partial charge < -0.3 is 18.8 Å². The molecule has 14 heteroatoms. The summed E-state index contributed by atoms with van der Waals surface area (Å²) < 4.78 is 34.8. The first-order valence-corrected chi connectivity index (χ1v) is 16.5. The highest BCUT2D eigenvalue weighted by molar-refractivity contribution is 7.85. The van der Waals surface area contributed by atoms with Crippen LogP contribution < -0.4 is 30.1 Å². The second-order valence-corrected chi connectivity index (χ2v) is 13.2. The zero-order chi connectivity index (χ0) is 35.3. The molecule has 0 unspecified atom stereocenters. The first kappa shape index (κ1) is 33.1. The van der Waals surface area contributed by atoms with E-state index in [9.17, 15) is 30.3 Å². The lowest BCUT2D eigenvalue weighted by Crippen LogP contribution is -2.28. The summed E-state index contributed by atoms with van der Waals surface area (Å²) in [4.78, 5) is 32.1. The second kappa shape index (κ2) is 14.1. The van der Waals surface area contributed by atoms with E-state index in [0.717, 1.165) is 0 Å². The summed E-state index contributed by atoms with van der Waals surface area (Å²) in [6.07, 6.45) is 0. The topological polar surface area (TPSA) is 174 Å². The van der Waals surface area contributed by atoms with Gasteiger partial charge >= 0.3 is 0 Å². The van der Waals surface area contributed by atoms with E-state index >= 15 is 4.57 Å². The number of rotatable bonds is 12. The molecule has 50 heavy (non-hydrogen) atoms. The van der Waals surface area contributed by atoms with Crippen molar-refractivity contribution in [2.75, 3.05) is 0 Å². The van der Waals surface area contributed by atoms with Crippen molar-refractivity contribution in [1.82, 2.24) is 0 Å². The van der Waals surface area contributed by atoms with Crippen LogP contribution in [0.5, 0.6) is 34.5 Å². The molecule has 0 radical (unpaired) electrons. The molecular weight excluding hydrogens is 665 g/mol. The van der Waals surface area contributed by atoms with Gasteiger partial charge in [0.1, 0.15) is 34.5 Å². The molecule has 0 saturated carbocycles.